The molecule has 0 atom stereocenters. The molecule has 35 heavy (non-hydrogen) atoms. The van der Waals surface area contributed by atoms with E-state index in [-0.39, 0.29) is 0 Å². The molecule has 0 aliphatic carbocycles. The summed E-state index contributed by atoms with van der Waals surface area (Å²) in [4.78, 5) is 10.1. The second kappa shape index (κ2) is 9.00. The zero-order chi connectivity index (χ0) is 23.6. The van der Waals surface area contributed by atoms with Crippen molar-refractivity contribution in [2.75, 3.05) is 0 Å². The summed E-state index contributed by atoms with van der Waals surface area (Å²) in [6.45, 7) is 2.15. The van der Waals surface area contributed by atoms with Crippen LogP contribution < -0.4 is 0 Å². The van der Waals surface area contributed by atoms with E-state index in [0.29, 0.717) is 0 Å². The number of aryl methyl sites for hydroxylation is 1. The first kappa shape index (κ1) is 21.0. The number of hydrogen-bond donors (Lipinski definition) is 0. The van der Waals surface area contributed by atoms with E-state index >= 15 is 0 Å². The van der Waals surface area contributed by atoms with Crippen LogP contribution in [0.5, 0.6) is 0 Å². The second-order valence-corrected chi connectivity index (χ2v) is 8.75. The van der Waals surface area contributed by atoms with E-state index in [2.05, 4.69) is 110 Å². The second-order valence-electron chi connectivity index (χ2n) is 8.75. The molecule has 0 spiro atoms. The molecule has 1 aromatic heterocycles. The average Bonchev–Trinajstić information content (AvgIpc) is 2.94. The number of benzene rings is 5. The predicted molar refractivity (Wildman–Crippen MR) is 146 cm³/mol. The van der Waals surface area contributed by atoms with E-state index in [0.717, 1.165) is 33.9 Å². The van der Waals surface area contributed by atoms with Crippen molar-refractivity contribution in [2.24, 2.45) is 0 Å². The van der Waals surface area contributed by atoms with Crippen molar-refractivity contribution in [3.8, 4) is 45.0 Å². The minimum absolute atomic E-state index is 0.730. The van der Waals surface area contributed by atoms with Crippen LogP contribution in [-0.4, -0.2) is 9.97 Å². The molecule has 2 heteroatoms. The summed E-state index contributed by atoms with van der Waals surface area (Å²) >= 11 is 0. The molecule has 0 unspecified atom stereocenters. The SMILES string of the molecule is Cc1ccc(-c2cc(-c3cccc(-c4ccccc4)c3)nc(-c3ccccc3)n2)c2ccccc12. The fourth-order valence-electron chi connectivity index (χ4n) is 4.61. The van der Waals surface area contributed by atoms with E-state index in [9.17, 15) is 0 Å². The van der Waals surface area contributed by atoms with Gasteiger partial charge in [-0.25, -0.2) is 9.97 Å². The van der Waals surface area contributed by atoms with Crippen LogP contribution >= 0.6 is 0 Å². The van der Waals surface area contributed by atoms with E-state index in [1.807, 2.05) is 24.3 Å². The van der Waals surface area contributed by atoms with Gasteiger partial charge < -0.3 is 0 Å². The molecule has 5 aromatic carbocycles. The molecule has 0 bridgehead atoms. The monoisotopic (exact) mass is 448 g/mol. The molecule has 0 fully saturated rings. The normalized spacial score (nSPS) is 11.0. The van der Waals surface area contributed by atoms with Gasteiger partial charge in [0.25, 0.3) is 0 Å². The van der Waals surface area contributed by atoms with Crippen LogP contribution in [0, 0.1) is 6.92 Å². The van der Waals surface area contributed by atoms with Crippen LogP contribution in [0.15, 0.2) is 127 Å². The number of nitrogens with zero attached hydrogens (tertiary/aromatic N) is 2. The van der Waals surface area contributed by atoms with E-state index in [1.54, 1.807) is 0 Å². The summed E-state index contributed by atoms with van der Waals surface area (Å²) in [5.74, 6) is 0.730. The highest BCUT2D eigenvalue weighted by atomic mass is 14.9. The van der Waals surface area contributed by atoms with E-state index in [4.69, 9.17) is 9.97 Å². The van der Waals surface area contributed by atoms with Crippen LogP contribution in [-0.2, 0) is 0 Å². The van der Waals surface area contributed by atoms with Gasteiger partial charge in [0.05, 0.1) is 11.4 Å². The topological polar surface area (TPSA) is 25.8 Å². The van der Waals surface area contributed by atoms with Crippen LogP contribution in [0.4, 0.5) is 0 Å². The van der Waals surface area contributed by atoms with Crippen molar-refractivity contribution in [2.45, 2.75) is 6.92 Å². The highest BCUT2D eigenvalue weighted by Crippen LogP contribution is 2.34. The van der Waals surface area contributed by atoms with Crippen molar-refractivity contribution < 1.29 is 0 Å². The molecule has 0 radical (unpaired) electrons. The maximum Gasteiger partial charge on any atom is 0.160 e. The van der Waals surface area contributed by atoms with Crippen molar-refractivity contribution >= 4 is 10.8 Å². The molecule has 0 aliphatic rings. The Labute approximate surface area is 205 Å². The van der Waals surface area contributed by atoms with Gasteiger partial charge in [-0.15, -0.1) is 0 Å². The largest absolute Gasteiger partial charge is 0.228 e. The van der Waals surface area contributed by atoms with Gasteiger partial charge in [-0.2, -0.15) is 0 Å². The first-order chi connectivity index (χ1) is 17.3. The molecule has 1 heterocycles. The highest BCUT2D eigenvalue weighted by Gasteiger charge is 2.13. The first-order valence-electron chi connectivity index (χ1n) is 11.9. The Kier molecular flexibility index (Phi) is 5.40. The molecule has 0 saturated heterocycles. The number of fused-ring (bicyclic) bond motifs is 1. The van der Waals surface area contributed by atoms with Crippen LogP contribution in [0.25, 0.3) is 55.8 Å². The molecular weight excluding hydrogens is 424 g/mol. The zero-order valence-corrected chi connectivity index (χ0v) is 19.5. The number of hydrogen-bond acceptors (Lipinski definition) is 2. The number of aromatic nitrogens is 2. The Hall–Kier alpha value is -4.56. The van der Waals surface area contributed by atoms with Gasteiger partial charge >= 0.3 is 0 Å². The summed E-state index contributed by atoms with van der Waals surface area (Å²) in [6.07, 6.45) is 0. The summed E-state index contributed by atoms with van der Waals surface area (Å²) in [7, 11) is 0. The van der Waals surface area contributed by atoms with Crippen LogP contribution in [0.3, 0.4) is 0 Å². The van der Waals surface area contributed by atoms with Gasteiger partial charge in [-0.05, 0) is 46.5 Å². The molecule has 0 aliphatic heterocycles. The molecule has 166 valence electrons. The molecule has 6 aromatic rings. The fourth-order valence-corrected chi connectivity index (χ4v) is 4.61. The molecular formula is C33H24N2. The number of rotatable bonds is 4. The summed E-state index contributed by atoms with van der Waals surface area (Å²) in [6, 6.07) is 44.3. The summed E-state index contributed by atoms with van der Waals surface area (Å²) in [5, 5.41) is 2.45. The Bertz CT molecular complexity index is 1640. The lowest BCUT2D eigenvalue weighted by Crippen LogP contribution is -1.97. The Morgan fingerprint density at radius 3 is 1.80 bits per heavy atom. The lowest BCUT2D eigenvalue weighted by atomic mass is 9.97. The lowest BCUT2D eigenvalue weighted by Gasteiger charge is -2.13. The van der Waals surface area contributed by atoms with E-state index in [1.165, 1.54) is 27.5 Å². The minimum atomic E-state index is 0.730. The third kappa shape index (κ3) is 4.11. The van der Waals surface area contributed by atoms with Crippen molar-refractivity contribution in [3.05, 3.63) is 133 Å². The molecule has 6 rings (SSSR count). The van der Waals surface area contributed by atoms with Crippen molar-refractivity contribution in [1.29, 1.82) is 0 Å². The molecule has 0 saturated carbocycles. The van der Waals surface area contributed by atoms with Gasteiger partial charge in [-0.3, -0.25) is 0 Å². The van der Waals surface area contributed by atoms with Crippen LogP contribution in [0.1, 0.15) is 5.56 Å². The minimum Gasteiger partial charge on any atom is -0.228 e. The third-order valence-corrected chi connectivity index (χ3v) is 6.44. The lowest BCUT2D eigenvalue weighted by molar-refractivity contribution is 1.18. The smallest absolute Gasteiger partial charge is 0.160 e. The summed E-state index contributed by atoms with van der Waals surface area (Å²) in [5.41, 5.74) is 8.66. The van der Waals surface area contributed by atoms with Gasteiger partial charge in [-0.1, -0.05) is 115 Å². The quantitative estimate of drug-likeness (QED) is 0.270. The Morgan fingerprint density at radius 2 is 1.03 bits per heavy atom. The van der Waals surface area contributed by atoms with Crippen molar-refractivity contribution in [1.82, 2.24) is 9.97 Å². The van der Waals surface area contributed by atoms with E-state index < -0.39 is 0 Å². The first-order valence-corrected chi connectivity index (χ1v) is 11.9. The Morgan fingerprint density at radius 1 is 0.429 bits per heavy atom. The molecule has 0 N–H and O–H groups in total. The van der Waals surface area contributed by atoms with Crippen molar-refractivity contribution in [3.63, 3.8) is 0 Å². The van der Waals surface area contributed by atoms with Gasteiger partial charge in [0.1, 0.15) is 0 Å². The van der Waals surface area contributed by atoms with Crippen LogP contribution in [0.2, 0.25) is 0 Å². The van der Waals surface area contributed by atoms with Gasteiger partial charge in [0.2, 0.25) is 0 Å². The molecule has 0 amide bonds. The zero-order valence-electron chi connectivity index (χ0n) is 19.5. The average molecular weight is 449 g/mol. The Balaban J connectivity index is 1.57. The van der Waals surface area contributed by atoms with Gasteiger partial charge in [0.15, 0.2) is 5.82 Å². The predicted octanol–water partition coefficient (Wildman–Crippen LogP) is 8.61. The highest BCUT2D eigenvalue weighted by molar-refractivity contribution is 5.98. The maximum absolute atomic E-state index is 5.05. The summed E-state index contributed by atoms with van der Waals surface area (Å²) < 4.78 is 0. The standard InChI is InChI=1S/C33H24N2/c1-23-19-20-30(29-18-9-8-17-28(23)29)32-22-31(34-33(35-32)25-13-6-3-7-14-25)27-16-10-15-26(21-27)24-11-4-2-5-12-24/h2-22H,1H3. The third-order valence-electron chi connectivity index (χ3n) is 6.44. The van der Waals surface area contributed by atoms with Gasteiger partial charge in [0, 0.05) is 16.7 Å². The fraction of sp³-hybridized carbons (Fsp3) is 0.0303. The molecule has 2 nitrogen and oxygen atoms in total. The maximum atomic E-state index is 5.05.